The molecule has 3 rings (SSSR count). The van der Waals surface area contributed by atoms with Crippen LogP contribution in [0.25, 0.3) is 0 Å². The predicted molar refractivity (Wildman–Crippen MR) is 140 cm³/mol. The molecule has 1 aromatic heterocycles. The number of benzene rings is 1. The highest BCUT2D eigenvalue weighted by Crippen LogP contribution is 2.27. The first-order chi connectivity index (χ1) is 17.3. The summed E-state index contributed by atoms with van der Waals surface area (Å²) in [6.45, 7) is 6.82. The number of ether oxygens (including phenoxy) is 1. The monoisotopic (exact) mass is 495 g/mol. The van der Waals surface area contributed by atoms with E-state index in [0.29, 0.717) is 35.9 Å². The van der Waals surface area contributed by atoms with Gasteiger partial charge in [0.15, 0.2) is 0 Å². The molecular formula is C27H37N5O4. The van der Waals surface area contributed by atoms with E-state index in [1.165, 1.54) is 7.11 Å². The maximum Gasteiger partial charge on any atom is 0.337 e. The van der Waals surface area contributed by atoms with E-state index in [1.54, 1.807) is 36.1 Å². The van der Waals surface area contributed by atoms with Crippen LogP contribution < -0.4 is 10.9 Å². The summed E-state index contributed by atoms with van der Waals surface area (Å²) in [5.41, 5.74) is 0.823. The second kappa shape index (κ2) is 12.5. The fourth-order valence-corrected chi connectivity index (χ4v) is 4.62. The fourth-order valence-electron chi connectivity index (χ4n) is 4.62. The van der Waals surface area contributed by atoms with Crippen LogP contribution in [-0.2, 0) is 4.74 Å². The molecule has 1 aliphatic heterocycles. The zero-order valence-corrected chi connectivity index (χ0v) is 21.6. The molecule has 1 aromatic carbocycles. The van der Waals surface area contributed by atoms with Gasteiger partial charge in [-0.3, -0.25) is 9.59 Å². The molecule has 2 heterocycles. The molecule has 0 aliphatic carbocycles. The summed E-state index contributed by atoms with van der Waals surface area (Å²) in [4.78, 5) is 47.5. The minimum absolute atomic E-state index is 0.143. The molecule has 1 fully saturated rings. The lowest BCUT2D eigenvalue weighted by atomic mass is 9.96. The number of esters is 1. The number of nitrogens with zero attached hydrogens (tertiary/aromatic N) is 2. The molecule has 9 nitrogen and oxygen atoms in total. The van der Waals surface area contributed by atoms with E-state index in [2.05, 4.69) is 24.1 Å². The van der Waals surface area contributed by atoms with E-state index in [0.717, 1.165) is 38.5 Å². The van der Waals surface area contributed by atoms with E-state index in [-0.39, 0.29) is 34.7 Å². The van der Waals surface area contributed by atoms with Gasteiger partial charge < -0.3 is 25.3 Å². The molecule has 0 radical (unpaired) electrons. The number of carbonyl (C=O) groups excluding carboxylic acids is 2. The Morgan fingerprint density at radius 2 is 2.06 bits per heavy atom. The van der Waals surface area contributed by atoms with E-state index in [9.17, 15) is 14.4 Å². The average Bonchev–Trinajstić information content (AvgIpc) is 2.89. The molecule has 0 bridgehead atoms. The number of aromatic nitrogens is 2. The maximum atomic E-state index is 13.2. The van der Waals surface area contributed by atoms with Crippen molar-refractivity contribution < 1.29 is 14.3 Å². The number of nitrogens with one attached hydrogen (secondary N) is 3. The number of carbonyl (C=O) groups is 2. The number of H-pyrrole nitrogens is 1. The lowest BCUT2D eigenvalue weighted by molar-refractivity contribution is 0.0600. The van der Waals surface area contributed by atoms with E-state index in [4.69, 9.17) is 15.1 Å². The molecule has 0 spiro atoms. The van der Waals surface area contributed by atoms with Crippen LogP contribution in [-0.4, -0.2) is 58.7 Å². The Morgan fingerprint density at radius 1 is 1.31 bits per heavy atom. The van der Waals surface area contributed by atoms with Gasteiger partial charge in [-0.1, -0.05) is 32.8 Å². The molecule has 2 atom stereocenters. The van der Waals surface area contributed by atoms with E-state index in [1.807, 2.05) is 0 Å². The average molecular weight is 496 g/mol. The number of anilines is 1. The van der Waals surface area contributed by atoms with Crippen molar-refractivity contribution in [3.8, 4) is 0 Å². The van der Waals surface area contributed by atoms with Crippen molar-refractivity contribution in [1.82, 2.24) is 14.9 Å². The van der Waals surface area contributed by atoms with Gasteiger partial charge in [0.1, 0.15) is 17.2 Å². The van der Waals surface area contributed by atoms with Crippen LogP contribution in [0, 0.1) is 5.41 Å². The van der Waals surface area contributed by atoms with Crippen molar-refractivity contribution in [2.24, 2.45) is 0 Å². The molecule has 3 N–H and O–H groups in total. The molecule has 0 saturated carbocycles. The van der Waals surface area contributed by atoms with Gasteiger partial charge in [0, 0.05) is 36.3 Å². The largest absolute Gasteiger partial charge is 0.465 e. The Labute approximate surface area is 212 Å². The lowest BCUT2D eigenvalue weighted by Gasteiger charge is -2.32. The van der Waals surface area contributed by atoms with Gasteiger partial charge in [-0.2, -0.15) is 0 Å². The van der Waals surface area contributed by atoms with Crippen LogP contribution in [0.1, 0.15) is 97.3 Å². The van der Waals surface area contributed by atoms with Crippen LogP contribution in [0.4, 0.5) is 5.82 Å². The van der Waals surface area contributed by atoms with Crippen LogP contribution >= 0.6 is 0 Å². The van der Waals surface area contributed by atoms with Crippen LogP contribution in [0.2, 0.25) is 0 Å². The van der Waals surface area contributed by atoms with Crippen molar-refractivity contribution >= 4 is 23.4 Å². The van der Waals surface area contributed by atoms with Gasteiger partial charge in [-0.05, 0) is 50.8 Å². The van der Waals surface area contributed by atoms with Crippen LogP contribution in [0.3, 0.4) is 0 Å². The van der Waals surface area contributed by atoms with Gasteiger partial charge in [-0.25, -0.2) is 9.78 Å². The number of hydrogen-bond donors (Lipinski definition) is 3. The number of likely N-dealkylation sites (tertiary alicyclic amines) is 1. The van der Waals surface area contributed by atoms with Crippen molar-refractivity contribution in [3.63, 3.8) is 0 Å². The third kappa shape index (κ3) is 6.38. The van der Waals surface area contributed by atoms with Gasteiger partial charge in [0.05, 0.1) is 12.7 Å². The first kappa shape index (κ1) is 27.1. The number of aromatic amines is 1. The highest BCUT2D eigenvalue weighted by atomic mass is 16.5. The summed E-state index contributed by atoms with van der Waals surface area (Å²) >= 11 is 0. The van der Waals surface area contributed by atoms with Crippen molar-refractivity contribution in [2.45, 2.75) is 71.3 Å². The normalized spacial score (nSPS) is 16.3. The molecule has 2 unspecified atom stereocenters. The maximum absolute atomic E-state index is 13.2. The Kier molecular flexibility index (Phi) is 9.38. The Balaban J connectivity index is 1.86. The quantitative estimate of drug-likeness (QED) is 0.332. The smallest absolute Gasteiger partial charge is 0.337 e. The zero-order chi connectivity index (χ0) is 26.2. The van der Waals surface area contributed by atoms with Crippen LogP contribution in [0.15, 0.2) is 29.1 Å². The zero-order valence-electron chi connectivity index (χ0n) is 21.6. The standard InChI is InChI=1S/C27H37N5O4/c1-5-7-13-21(6-2)29-24-22(17(3)28)25(33)31-23(30-24)20-12-9-14-32(16-20)26(34)18-10-8-11-19(15-18)27(35)36-4/h8,10-11,15,20-21,28H,5-7,9,12-14,16H2,1-4H3,(H2,29,30,31,33). The molecule has 36 heavy (non-hydrogen) atoms. The molecule has 1 amide bonds. The SMILES string of the molecule is CCCCC(CC)Nc1nc(C2CCCN(C(=O)c3cccc(C(=O)OC)c3)C2)[nH]c(=O)c1C(C)=N. The molecule has 9 heteroatoms. The predicted octanol–water partition coefficient (Wildman–Crippen LogP) is 4.34. The van der Waals surface area contributed by atoms with Crippen molar-refractivity contribution in [2.75, 3.05) is 25.5 Å². The van der Waals surface area contributed by atoms with E-state index >= 15 is 0 Å². The minimum Gasteiger partial charge on any atom is -0.465 e. The topological polar surface area (TPSA) is 128 Å². The van der Waals surface area contributed by atoms with Crippen LogP contribution in [0.5, 0.6) is 0 Å². The first-order valence-corrected chi connectivity index (χ1v) is 12.7. The van der Waals surface area contributed by atoms with Gasteiger partial charge >= 0.3 is 5.97 Å². The summed E-state index contributed by atoms with van der Waals surface area (Å²) in [6.07, 6.45) is 5.54. The fraction of sp³-hybridized carbons (Fsp3) is 0.519. The third-order valence-electron chi connectivity index (χ3n) is 6.68. The van der Waals surface area contributed by atoms with E-state index < -0.39 is 5.97 Å². The van der Waals surface area contributed by atoms with Crippen molar-refractivity contribution in [3.05, 3.63) is 57.1 Å². The molecule has 2 aromatic rings. The summed E-state index contributed by atoms with van der Waals surface area (Å²) in [6, 6.07) is 6.67. The summed E-state index contributed by atoms with van der Waals surface area (Å²) in [7, 11) is 1.31. The van der Waals surface area contributed by atoms with Gasteiger partial charge in [-0.15, -0.1) is 0 Å². The highest BCUT2D eigenvalue weighted by Gasteiger charge is 2.29. The molecule has 194 valence electrons. The first-order valence-electron chi connectivity index (χ1n) is 12.7. The number of rotatable bonds is 10. The molecular weight excluding hydrogens is 458 g/mol. The van der Waals surface area contributed by atoms with Gasteiger partial charge in [0.2, 0.25) is 0 Å². The molecule has 1 aliphatic rings. The lowest BCUT2D eigenvalue weighted by Crippen LogP contribution is -2.40. The minimum atomic E-state index is -0.492. The number of piperidine rings is 1. The summed E-state index contributed by atoms with van der Waals surface area (Å²) < 4.78 is 4.77. The Hall–Kier alpha value is -3.49. The number of methoxy groups -OCH3 is 1. The second-order valence-electron chi connectivity index (χ2n) is 9.35. The number of hydrogen-bond acceptors (Lipinski definition) is 7. The molecule has 1 saturated heterocycles. The third-order valence-corrected chi connectivity index (χ3v) is 6.68. The summed E-state index contributed by atoms with van der Waals surface area (Å²) in [5, 5.41) is 11.6. The van der Waals surface area contributed by atoms with Gasteiger partial charge in [0.25, 0.3) is 11.5 Å². The number of unbranched alkanes of at least 4 members (excludes halogenated alkanes) is 1. The Morgan fingerprint density at radius 3 is 2.72 bits per heavy atom. The second-order valence-corrected chi connectivity index (χ2v) is 9.35. The number of amides is 1. The summed E-state index contributed by atoms with van der Waals surface area (Å²) in [5.74, 6) is 0.158. The van der Waals surface area contributed by atoms with Crippen molar-refractivity contribution in [1.29, 1.82) is 5.41 Å². The Bertz CT molecular complexity index is 1160. The highest BCUT2D eigenvalue weighted by molar-refractivity contribution is 6.00.